The van der Waals surface area contributed by atoms with Gasteiger partial charge in [-0.05, 0) is 66.6 Å². The number of fused-ring (bicyclic) bond motifs is 1. The summed E-state index contributed by atoms with van der Waals surface area (Å²) >= 11 is 6.31. The quantitative estimate of drug-likeness (QED) is 0.303. The molecule has 0 saturated carbocycles. The van der Waals surface area contributed by atoms with Crippen LogP contribution in [0, 0.1) is 0 Å². The Kier molecular flexibility index (Phi) is 5.65. The summed E-state index contributed by atoms with van der Waals surface area (Å²) in [5, 5.41) is 21.4. The van der Waals surface area contributed by atoms with Gasteiger partial charge >= 0.3 is 0 Å². The third kappa shape index (κ3) is 3.88. The van der Waals surface area contributed by atoms with Gasteiger partial charge in [-0.2, -0.15) is 0 Å². The van der Waals surface area contributed by atoms with Gasteiger partial charge in [-0.1, -0.05) is 23.7 Å². The average molecular weight is 492 g/mol. The van der Waals surface area contributed by atoms with E-state index in [1.54, 1.807) is 42.5 Å². The van der Waals surface area contributed by atoms with Crippen LogP contribution in [-0.4, -0.2) is 35.1 Å². The lowest BCUT2D eigenvalue weighted by Crippen LogP contribution is -2.29. The Morgan fingerprint density at radius 2 is 1.83 bits per heavy atom. The van der Waals surface area contributed by atoms with Crippen LogP contribution in [0.2, 0.25) is 5.02 Å². The second kappa shape index (κ2) is 8.67. The molecule has 0 spiro atoms. The molecule has 3 aromatic carbocycles. The van der Waals surface area contributed by atoms with Crippen LogP contribution in [0.1, 0.15) is 29.7 Å². The van der Waals surface area contributed by atoms with Crippen molar-refractivity contribution in [1.82, 2.24) is 0 Å². The van der Waals surface area contributed by atoms with Crippen molar-refractivity contribution in [2.24, 2.45) is 0 Å². The minimum atomic E-state index is -0.941. The van der Waals surface area contributed by atoms with Crippen molar-refractivity contribution in [2.45, 2.75) is 25.5 Å². The smallest absolute Gasteiger partial charge is 0.300 e. The molecule has 8 heteroatoms. The predicted octanol–water partition coefficient (Wildman–Crippen LogP) is 5.00. The standard InChI is InChI=1S/C27H22ClNO6/c1-14-11-17-12-16(5-9-21(17)35-14)25(31)23-24(15-3-7-19(30)8-4-15)29(27(33)26(23)32)18-6-10-22(34-2)20(28)13-18/h3-10,12-14,24,30-31H,11H2,1-2H3/b25-23-. The van der Waals surface area contributed by atoms with E-state index in [4.69, 9.17) is 21.1 Å². The first-order valence-corrected chi connectivity index (χ1v) is 11.4. The third-order valence-corrected chi connectivity index (χ3v) is 6.53. The number of carbonyl (C=O) groups is 2. The summed E-state index contributed by atoms with van der Waals surface area (Å²) in [4.78, 5) is 27.9. The number of aliphatic hydroxyl groups excluding tert-OH is 1. The van der Waals surface area contributed by atoms with Gasteiger partial charge < -0.3 is 19.7 Å². The van der Waals surface area contributed by atoms with E-state index in [0.717, 1.165) is 11.3 Å². The Morgan fingerprint density at radius 3 is 2.51 bits per heavy atom. The Labute approximate surface area is 206 Å². The molecule has 2 unspecified atom stereocenters. The molecule has 2 aliphatic heterocycles. The molecule has 1 amide bonds. The highest BCUT2D eigenvalue weighted by Crippen LogP contribution is 2.44. The Balaban J connectivity index is 1.68. The number of aromatic hydroxyl groups is 1. The zero-order valence-corrected chi connectivity index (χ0v) is 19.7. The van der Waals surface area contributed by atoms with E-state index in [0.29, 0.717) is 29.0 Å². The predicted molar refractivity (Wildman–Crippen MR) is 131 cm³/mol. The van der Waals surface area contributed by atoms with Gasteiger partial charge in [-0.25, -0.2) is 0 Å². The average Bonchev–Trinajstić information content (AvgIpc) is 3.34. The van der Waals surface area contributed by atoms with Gasteiger partial charge in [0, 0.05) is 17.7 Å². The number of aliphatic hydroxyl groups is 1. The molecule has 5 rings (SSSR count). The Hall–Kier alpha value is -3.97. The number of phenolic OH excluding ortho intramolecular Hbond substituents is 1. The first kappa shape index (κ1) is 22.8. The number of methoxy groups -OCH3 is 1. The van der Waals surface area contributed by atoms with E-state index in [9.17, 15) is 19.8 Å². The number of amides is 1. The van der Waals surface area contributed by atoms with Gasteiger partial charge in [0.2, 0.25) is 0 Å². The minimum absolute atomic E-state index is 0.0183. The van der Waals surface area contributed by atoms with Crippen molar-refractivity contribution in [1.29, 1.82) is 0 Å². The van der Waals surface area contributed by atoms with E-state index in [2.05, 4.69) is 0 Å². The Bertz CT molecular complexity index is 1380. The second-order valence-electron chi connectivity index (χ2n) is 8.53. The summed E-state index contributed by atoms with van der Waals surface area (Å²) in [5.74, 6) is -0.723. The fourth-order valence-corrected chi connectivity index (χ4v) is 4.85. The number of rotatable bonds is 4. The zero-order valence-electron chi connectivity index (χ0n) is 19.0. The Morgan fingerprint density at radius 1 is 1.09 bits per heavy atom. The number of halogens is 1. The lowest BCUT2D eigenvalue weighted by atomic mass is 9.94. The van der Waals surface area contributed by atoms with E-state index in [1.165, 1.54) is 30.2 Å². The maximum atomic E-state index is 13.3. The summed E-state index contributed by atoms with van der Waals surface area (Å²) in [5.41, 5.74) is 2.18. The molecular weight excluding hydrogens is 470 g/mol. The SMILES string of the molecule is COc1ccc(N2C(=O)C(=O)/C(=C(\O)c3ccc4c(c3)CC(C)O4)C2c2ccc(O)cc2)cc1Cl. The van der Waals surface area contributed by atoms with Gasteiger partial charge in [-0.15, -0.1) is 0 Å². The first-order valence-electron chi connectivity index (χ1n) is 11.0. The monoisotopic (exact) mass is 491 g/mol. The highest BCUT2D eigenvalue weighted by molar-refractivity contribution is 6.51. The molecule has 2 heterocycles. The van der Waals surface area contributed by atoms with Crippen molar-refractivity contribution in [2.75, 3.05) is 12.0 Å². The summed E-state index contributed by atoms with van der Waals surface area (Å²) < 4.78 is 10.9. The van der Waals surface area contributed by atoms with Crippen LogP contribution in [0.4, 0.5) is 5.69 Å². The number of nitrogens with zero attached hydrogens (tertiary/aromatic N) is 1. The summed E-state index contributed by atoms with van der Waals surface area (Å²) in [6, 6.07) is 15.2. The topological polar surface area (TPSA) is 96.3 Å². The summed E-state index contributed by atoms with van der Waals surface area (Å²) in [6.07, 6.45) is 0.695. The fourth-order valence-electron chi connectivity index (χ4n) is 4.60. The number of Topliss-reactive ketones (excluding diaryl/α,β-unsaturated/α-hetero) is 1. The number of anilines is 1. The number of hydrogen-bond donors (Lipinski definition) is 2. The van der Waals surface area contributed by atoms with Gasteiger partial charge in [0.15, 0.2) is 0 Å². The van der Waals surface area contributed by atoms with Gasteiger partial charge in [0.25, 0.3) is 11.7 Å². The minimum Gasteiger partial charge on any atom is -0.508 e. The molecule has 1 saturated heterocycles. The van der Waals surface area contributed by atoms with E-state index in [-0.39, 0.29) is 28.2 Å². The van der Waals surface area contributed by atoms with Gasteiger partial charge in [0.1, 0.15) is 29.1 Å². The lowest BCUT2D eigenvalue weighted by Gasteiger charge is -2.26. The molecule has 0 aromatic heterocycles. The molecule has 7 nitrogen and oxygen atoms in total. The molecule has 178 valence electrons. The van der Waals surface area contributed by atoms with Crippen molar-refractivity contribution < 1.29 is 29.3 Å². The molecule has 0 radical (unpaired) electrons. The number of ketones is 1. The normalized spacial score (nSPS) is 20.6. The van der Waals surface area contributed by atoms with Crippen LogP contribution in [0.3, 0.4) is 0 Å². The third-order valence-electron chi connectivity index (χ3n) is 6.24. The summed E-state index contributed by atoms with van der Waals surface area (Å²) in [6.45, 7) is 1.95. The van der Waals surface area contributed by atoms with E-state index >= 15 is 0 Å². The molecule has 35 heavy (non-hydrogen) atoms. The molecule has 2 atom stereocenters. The van der Waals surface area contributed by atoms with E-state index in [1.807, 2.05) is 6.92 Å². The molecule has 2 aliphatic rings. The van der Waals surface area contributed by atoms with Crippen LogP contribution < -0.4 is 14.4 Å². The van der Waals surface area contributed by atoms with Crippen molar-refractivity contribution in [3.8, 4) is 17.2 Å². The maximum Gasteiger partial charge on any atom is 0.300 e. The van der Waals surface area contributed by atoms with Gasteiger partial charge in [-0.3, -0.25) is 14.5 Å². The van der Waals surface area contributed by atoms with Crippen LogP contribution in [-0.2, 0) is 16.0 Å². The van der Waals surface area contributed by atoms with Crippen molar-refractivity contribution >= 4 is 34.7 Å². The summed E-state index contributed by atoms with van der Waals surface area (Å²) in [7, 11) is 1.48. The fraction of sp³-hybridized carbons (Fsp3) is 0.185. The first-order chi connectivity index (χ1) is 16.8. The second-order valence-corrected chi connectivity index (χ2v) is 8.94. The van der Waals surface area contributed by atoms with Crippen molar-refractivity contribution in [3.63, 3.8) is 0 Å². The number of carbonyl (C=O) groups excluding carboxylic acids is 2. The molecule has 2 N–H and O–H groups in total. The molecular formula is C27H22ClNO6. The van der Waals surface area contributed by atoms with Crippen molar-refractivity contribution in [3.05, 3.63) is 87.9 Å². The number of ether oxygens (including phenoxy) is 2. The molecule has 0 aliphatic carbocycles. The molecule has 0 bridgehead atoms. The van der Waals surface area contributed by atoms with Crippen LogP contribution in [0.5, 0.6) is 17.2 Å². The zero-order chi connectivity index (χ0) is 24.9. The number of phenols is 1. The molecule has 1 fully saturated rings. The van der Waals surface area contributed by atoms with Crippen LogP contribution in [0.25, 0.3) is 5.76 Å². The highest BCUT2D eigenvalue weighted by Gasteiger charge is 2.47. The number of benzene rings is 3. The lowest BCUT2D eigenvalue weighted by molar-refractivity contribution is -0.132. The van der Waals surface area contributed by atoms with Crippen LogP contribution >= 0.6 is 11.6 Å². The largest absolute Gasteiger partial charge is 0.508 e. The van der Waals surface area contributed by atoms with Crippen LogP contribution in [0.15, 0.2) is 66.2 Å². The maximum absolute atomic E-state index is 13.3. The number of hydrogen-bond acceptors (Lipinski definition) is 6. The van der Waals surface area contributed by atoms with E-state index < -0.39 is 17.7 Å². The highest BCUT2D eigenvalue weighted by atomic mass is 35.5. The van der Waals surface area contributed by atoms with Gasteiger partial charge in [0.05, 0.1) is 23.7 Å². The molecule has 3 aromatic rings.